The number of nitrogens with one attached hydrogen (secondary N) is 1. The molecule has 2 aliphatic rings. The molecule has 1 aliphatic carbocycles. The van der Waals surface area contributed by atoms with Crippen molar-refractivity contribution in [3.05, 3.63) is 0 Å². The minimum atomic E-state index is 0.169. The Kier molecular flexibility index (Phi) is 5.64. The summed E-state index contributed by atoms with van der Waals surface area (Å²) in [6, 6.07) is 0.277. The van der Waals surface area contributed by atoms with Crippen LogP contribution in [0.1, 0.15) is 51.9 Å². The Hall–Kier alpha value is -0.610. The molecule has 0 aromatic carbocycles. The zero-order valence-corrected chi connectivity index (χ0v) is 12.1. The van der Waals surface area contributed by atoms with Gasteiger partial charge >= 0.3 is 0 Å². The summed E-state index contributed by atoms with van der Waals surface area (Å²) in [5.74, 6) is 0.850. The van der Waals surface area contributed by atoms with Gasteiger partial charge in [0, 0.05) is 25.1 Å². The Bertz CT molecular complexity index is 290. The van der Waals surface area contributed by atoms with Crippen LogP contribution in [0.15, 0.2) is 0 Å². The second-order valence-corrected chi connectivity index (χ2v) is 6.22. The van der Waals surface area contributed by atoms with Crippen LogP contribution in [0.5, 0.6) is 0 Å². The van der Waals surface area contributed by atoms with Gasteiger partial charge in [-0.2, -0.15) is 0 Å². The third-order valence-electron chi connectivity index (χ3n) is 4.65. The van der Waals surface area contributed by atoms with Crippen molar-refractivity contribution in [1.82, 2.24) is 5.32 Å². The molecule has 1 amide bonds. The Morgan fingerprint density at radius 2 is 2.16 bits per heavy atom. The van der Waals surface area contributed by atoms with Gasteiger partial charge < -0.3 is 15.8 Å². The highest BCUT2D eigenvalue weighted by atomic mass is 16.5. The van der Waals surface area contributed by atoms with Crippen LogP contribution >= 0.6 is 0 Å². The molecule has 0 aromatic rings. The van der Waals surface area contributed by atoms with Gasteiger partial charge in [0.15, 0.2) is 0 Å². The number of nitrogens with two attached hydrogens (primary N) is 1. The largest absolute Gasteiger partial charge is 0.378 e. The van der Waals surface area contributed by atoms with Crippen LogP contribution in [0.25, 0.3) is 0 Å². The molecule has 1 heterocycles. The molecule has 2 fully saturated rings. The van der Waals surface area contributed by atoms with E-state index in [0.717, 1.165) is 45.3 Å². The lowest BCUT2D eigenvalue weighted by Gasteiger charge is -2.31. The predicted molar refractivity (Wildman–Crippen MR) is 75.7 cm³/mol. The van der Waals surface area contributed by atoms with Gasteiger partial charge in [-0.05, 0) is 50.9 Å². The summed E-state index contributed by atoms with van der Waals surface area (Å²) in [4.78, 5) is 12.1. The van der Waals surface area contributed by atoms with Crippen molar-refractivity contribution in [1.29, 1.82) is 0 Å². The summed E-state index contributed by atoms with van der Waals surface area (Å²) in [6.45, 7) is 3.79. The monoisotopic (exact) mass is 268 g/mol. The normalized spacial score (nSPS) is 35.9. The number of carbonyl (C=O) groups excluding carboxylic acids is 1. The second kappa shape index (κ2) is 7.25. The van der Waals surface area contributed by atoms with E-state index in [2.05, 4.69) is 12.2 Å². The summed E-state index contributed by atoms with van der Waals surface area (Å²) >= 11 is 0. The van der Waals surface area contributed by atoms with Crippen molar-refractivity contribution >= 4 is 5.91 Å². The summed E-state index contributed by atoms with van der Waals surface area (Å²) in [7, 11) is 0. The first-order valence-electron chi connectivity index (χ1n) is 7.81. The molecule has 0 spiro atoms. The molecule has 4 unspecified atom stereocenters. The highest BCUT2D eigenvalue weighted by Crippen LogP contribution is 2.28. The fourth-order valence-electron chi connectivity index (χ4n) is 3.19. The maximum atomic E-state index is 12.1. The van der Waals surface area contributed by atoms with Crippen LogP contribution in [0, 0.1) is 11.8 Å². The maximum Gasteiger partial charge on any atom is 0.223 e. The quantitative estimate of drug-likeness (QED) is 0.817. The standard InChI is InChI=1S/C15H28N2O2/c1-11-10-12(5-6-14(11)16)15(18)17-8-7-13-4-2-3-9-19-13/h11-14H,2-10,16H2,1H3,(H,17,18). The molecule has 1 saturated carbocycles. The topological polar surface area (TPSA) is 64.3 Å². The van der Waals surface area contributed by atoms with E-state index in [4.69, 9.17) is 10.5 Å². The lowest BCUT2D eigenvalue weighted by atomic mass is 9.79. The van der Waals surface area contributed by atoms with Gasteiger partial charge in [0.25, 0.3) is 0 Å². The molecule has 4 nitrogen and oxygen atoms in total. The first kappa shape index (κ1) is 14.8. The number of carbonyl (C=O) groups is 1. The van der Waals surface area contributed by atoms with E-state index in [9.17, 15) is 4.79 Å². The van der Waals surface area contributed by atoms with E-state index in [0.29, 0.717) is 12.0 Å². The van der Waals surface area contributed by atoms with Crippen LogP contribution in [-0.2, 0) is 9.53 Å². The molecule has 1 saturated heterocycles. The summed E-state index contributed by atoms with van der Waals surface area (Å²) in [5, 5.41) is 3.08. The molecular weight excluding hydrogens is 240 g/mol. The first-order valence-corrected chi connectivity index (χ1v) is 7.81. The van der Waals surface area contributed by atoms with Crippen LogP contribution in [0.3, 0.4) is 0 Å². The molecule has 4 heteroatoms. The minimum Gasteiger partial charge on any atom is -0.378 e. The average Bonchev–Trinajstić information content (AvgIpc) is 2.43. The minimum absolute atomic E-state index is 0.169. The first-order chi connectivity index (χ1) is 9.16. The molecule has 0 aromatic heterocycles. The molecule has 19 heavy (non-hydrogen) atoms. The van der Waals surface area contributed by atoms with E-state index in [-0.39, 0.29) is 17.9 Å². The van der Waals surface area contributed by atoms with Crippen molar-refractivity contribution in [2.75, 3.05) is 13.2 Å². The highest BCUT2D eigenvalue weighted by molar-refractivity contribution is 5.78. The van der Waals surface area contributed by atoms with Crippen molar-refractivity contribution in [2.45, 2.75) is 64.0 Å². The lowest BCUT2D eigenvalue weighted by molar-refractivity contribution is -0.126. The smallest absolute Gasteiger partial charge is 0.223 e. The fraction of sp³-hybridized carbons (Fsp3) is 0.933. The van der Waals surface area contributed by atoms with Gasteiger partial charge in [-0.3, -0.25) is 4.79 Å². The molecule has 2 rings (SSSR count). The van der Waals surface area contributed by atoms with Crippen LogP contribution in [0.2, 0.25) is 0 Å². The number of amides is 1. The van der Waals surface area contributed by atoms with E-state index < -0.39 is 0 Å². The zero-order valence-electron chi connectivity index (χ0n) is 12.1. The molecule has 3 N–H and O–H groups in total. The molecule has 110 valence electrons. The Morgan fingerprint density at radius 1 is 1.32 bits per heavy atom. The molecule has 4 atom stereocenters. The third kappa shape index (κ3) is 4.46. The van der Waals surface area contributed by atoms with Gasteiger partial charge in [0.05, 0.1) is 6.10 Å². The average molecular weight is 268 g/mol. The Balaban J connectivity index is 1.63. The lowest BCUT2D eigenvalue weighted by Crippen LogP contribution is -2.41. The van der Waals surface area contributed by atoms with Crippen molar-refractivity contribution < 1.29 is 9.53 Å². The summed E-state index contributed by atoms with van der Waals surface area (Å²) in [5.41, 5.74) is 5.99. The molecule has 0 bridgehead atoms. The van der Waals surface area contributed by atoms with Gasteiger partial charge in [0.2, 0.25) is 5.91 Å². The van der Waals surface area contributed by atoms with Gasteiger partial charge in [-0.1, -0.05) is 6.92 Å². The third-order valence-corrected chi connectivity index (χ3v) is 4.65. The van der Waals surface area contributed by atoms with Crippen molar-refractivity contribution in [3.63, 3.8) is 0 Å². The predicted octanol–water partition coefficient (Wildman–Crippen LogP) is 1.83. The van der Waals surface area contributed by atoms with Crippen LogP contribution in [-0.4, -0.2) is 31.2 Å². The second-order valence-electron chi connectivity index (χ2n) is 6.22. The Morgan fingerprint density at radius 3 is 2.84 bits per heavy atom. The van der Waals surface area contributed by atoms with E-state index in [1.165, 1.54) is 12.8 Å². The van der Waals surface area contributed by atoms with Gasteiger partial charge in [-0.15, -0.1) is 0 Å². The number of ether oxygens (including phenoxy) is 1. The zero-order chi connectivity index (χ0) is 13.7. The van der Waals surface area contributed by atoms with Crippen LogP contribution in [0.4, 0.5) is 0 Å². The van der Waals surface area contributed by atoms with Gasteiger partial charge in [-0.25, -0.2) is 0 Å². The summed E-state index contributed by atoms with van der Waals surface area (Å²) in [6.07, 6.45) is 7.75. The van der Waals surface area contributed by atoms with Crippen LogP contribution < -0.4 is 11.1 Å². The molecular formula is C15H28N2O2. The number of hydrogen-bond donors (Lipinski definition) is 2. The number of hydrogen-bond acceptors (Lipinski definition) is 3. The molecule has 1 aliphatic heterocycles. The summed E-state index contributed by atoms with van der Waals surface area (Å²) < 4.78 is 5.67. The fourth-order valence-corrected chi connectivity index (χ4v) is 3.19. The SMILES string of the molecule is CC1CC(C(=O)NCCC2CCCCO2)CCC1N. The Labute approximate surface area is 116 Å². The van der Waals surface area contributed by atoms with E-state index in [1.807, 2.05) is 0 Å². The maximum absolute atomic E-state index is 12.1. The van der Waals surface area contributed by atoms with E-state index in [1.54, 1.807) is 0 Å². The van der Waals surface area contributed by atoms with E-state index >= 15 is 0 Å². The van der Waals surface area contributed by atoms with Gasteiger partial charge in [0.1, 0.15) is 0 Å². The highest BCUT2D eigenvalue weighted by Gasteiger charge is 2.29. The number of rotatable bonds is 4. The van der Waals surface area contributed by atoms with Crippen molar-refractivity contribution in [3.8, 4) is 0 Å². The van der Waals surface area contributed by atoms with Crippen molar-refractivity contribution in [2.24, 2.45) is 17.6 Å². The molecule has 0 radical (unpaired) electrons.